The largest absolute Gasteiger partial charge is 0.378 e. The molecule has 0 spiro atoms. The van der Waals surface area contributed by atoms with E-state index in [4.69, 9.17) is 0 Å². The van der Waals surface area contributed by atoms with Crippen molar-refractivity contribution >= 4 is 17.1 Å². The van der Waals surface area contributed by atoms with Gasteiger partial charge in [-0.1, -0.05) is 97.1 Å². The summed E-state index contributed by atoms with van der Waals surface area (Å²) in [5.74, 6) is 0. The fraction of sp³-hybridized carbons (Fsp3) is 0.0882. The highest BCUT2D eigenvalue weighted by atomic mass is 15.1. The minimum atomic E-state index is -0.518. The molecule has 0 amide bonds. The van der Waals surface area contributed by atoms with Crippen LogP contribution in [0.1, 0.15) is 27.8 Å². The van der Waals surface area contributed by atoms with E-state index in [1.165, 1.54) is 39.2 Å². The first-order valence-electron chi connectivity index (χ1n) is 12.4. The van der Waals surface area contributed by atoms with Crippen LogP contribution in [-0.4, -0.2) is 24.4 Å². The van der Waals surface area contributed by atoms with Crippen LogP contribution in [0.15, 0.2) is 140 Å². The fourth-order valence-corrected chi connectivity index (χ4v) is 5.61. The lowest BCUT2D eigenvalue weighted by Crippen LogP contribution is -2.38. The molecule has 0 saturated carbocycles. The Balaban J connectivity index is 1.79. The van der Waals surface area contributed by atoms with Crippen molar-refractivity contribution in [1.29, 1.82) is 0 Å². The van der Waals surface area contributed by atoms with Crippen molar-refractivity contribution in [3.8, 4) is 0 Å². The van der Waals surface area contributed by atoms with Gasteiger partial charge in [-0.05, 0) is 30.3 Å². The van der Waals surface area contributed by atoms with Gasteiger partial charge in [-0.25, -0.2) is 0 Å². The molecule has 1 heterocycles. The summed E-state index contributed by atoms with van der Waals surface area (Å²) >= 11 is 0. The summed E-state index contributed by atoms with van der Waals surface area (Å²) in [7, 11) is 4.16. The number of benzene rings is 5. The van der Waals surface area contributed by atoms with Crippen molar-refractivity contribution in [2.45, 2.75) is 5.54 Å². The number of rotatable bonds is 5. The molecule has 5 aromatic carbocycles. The third-order valence-electron chi connectivity index (χ3n) is 7.19. The highest BCUT2D eigenvalue weighted by Gasteiger charge is 2.56. The summed E-state index contributed by atoms with van der Waals surface area (Å²) in [4.78, 5) is 2.14. The van der Waals surface area contributed by atoms with Gasteiger partial charge in [0.1, 0.15) is 0 Å². The van der Waals surface area contributed by atoms with Crippen LogP contribution in [0.3, 0.4) is 0 Å². The molecule has 36 heavy (non-hydrogen) atoms. The molecule has 1 aliphatic heterocycles. The first kappa shape index (κ1) is 22.1. The molecule has 5 aromatic rings. The van der Waals surface area contributed by atoms with Gasteiger partial charge in [-0.2, -0.15) is 4.58 Å². The van der Waals surface area contributed by atoms with Gasteiger partial charge in [-0.15, -0.1) is 0 Å². The molecule has 2 nitrogen and oxygen atoms in total. The molecule has 0 atom stereocenters. The topological polar surface area (TPSA) is 6.25 Å². The SMILES string of the molecule is CN(C)c1ccc(C2=[N+](c3ccccc3)C(c3ccccc3)(c3ccccc3)c3ccccc32)cc1. The molecule has 0 saturated heterocycles. The van der Waals surface area contributed by atoms with E-state index < -0.39 is 5.54 Å². The summed E-state index contributed by atoms with van der Waals surface area (Å²) in [6.45, 7) is 0. The maximum Gasteiger partial charge on any atom is 0.245 e. The first-order valence-corrected chi connectivity index (χ1v) is 12.4. The number of nitrogens with zero attached hydrogens (tertiary/aromatic N) is 2. The standard InChI is InChI=1S/C34H29N2/c1-35(2)29-24-22-26(23-25-29)33-31-20-12-13-21-32(31)34(27-14-6-3-7-15-27,28-16-8-4-9-17-28)36(33)30-18-10-5-11-19-30/h3-25H,1-2H3/q+1. The molecule has 0 aliphatic carbocycles. The Morgan fingerprint density at radius 1 is 0.528 bits per heavy atom. The van der Waals surface area contributed by atoms with E-state index in [0.717, 1.165) is 5.69 Å². The third-order valence-corrected chi connectivity index (χ3v) is 7.19. The Hall–Kier alpha value is -4.43. The molecule has 0 unspecified atom stereocenters. The second kappa shape index (κ2) is 8.98. The van der Waals surface area contributed by atoms with Gasteiger partial charge in [0, 0.05) is 54.2 Å². The van der Waals surface area contributed by atoms with Gasteiger partial charge in [-0.3, -0.25) is 0 Å². The van der Waals surface area contributed by atoms with Crippen molar-refractivity contribution in [1.82, 2.24) is 0 Å². The van der Waals surface area contributed by atoms with Crippen LogP contribution in [0, 0.1) is 0 Å². The molecular weight excluding hydrogens is 436 g/mol. The van der Waals surface area contributed by atoms with E-state index in [9.17, 15) is 0 Å². The molecular formula is C34H29N2+. The lowest BCUT2D eigenvalue weighted by atomic mass is 9.76. The molecule has 2 heteroatoms. The molecule has 0 radical (unpaired) electrons. The zero-order valence-corrected chi connectivity index (χ0v) is 20.7. The lowest BCUT2D eigenvalue weighted by Gasteiger charge is -2.29. The maximum atomic E-state index is 2.55. The quantitative estimate of drug-likeness (QED) is 0.248. The third kappa shape index (κ3) is 3.37. The number of para-hydroxylation sites is 1. The maximum absolute atomic E-state index is 2.55. The van der Waals surface area contributed by atoms with Crippen molar-refractivity contribution in [3.05, 3.63) is 167 Å². The van der Waals surface area contributed by atoms with Crippen LogP contribution in [0.4, 0.5) is 11.4 Å². The van der Waals surface area contributed by atoms with Crippen molar-refractivity contribution in [2.24, 2.45) is 0 Å². The minimum absolute atomic E-state index is 0.518. The van der Waals surface area contributed by atoms with Gasteiger partial charge >= 0.3 is 0 Å². The second-order valence-corrected chi connectivity index (χ2v) is 9.45. The summed E-state index contributed by atoms with van der Waals surface area (Å²) in [5.41, 5.74) is 9.28. The van der Waals surface area contributed by atoms with Crippen LogP contribution >= 0.6 is 0 Å². The average Bonchev–Trinajstić information content (AvgIpc) is 3.26. The van der Waals surface area contributed by atoms with Crippen LogP contribution in [0.2, 0.25) is 0 Å². The number of hydrogen-bond donors (Lipinski definition) is 0. The normalized spacial score (nSPS) is 13.9. The van der Waals surface area contributed by atoms with E-state index in [1.54, 1.807) is 0 Å². The summed E-state index contributed by atoms with van der Waals surface area (Å²) in [5, 5.41) is 0. The zero-order chi connectivity index (χ0) is 24.5. The zero-order valence-electron chi connectivity index (χ0n) is 20.7. The lowest BCUT2D eigenvalue weighted by molar-refractivity contribution is -0.511. The summed E-state index contributed by atoms with van der Waals surface area (Å²) in [6, 6.07) is 50.4. The predicted molar refractivity (Wildman–Crippen MR) is 150 cm³/mol. The first-order chi connectivity index (χ1) is 17.7. The van der Waals surface area contributed by atoms with Crippen LogP contribution < -0.4 is 4.90 Å². The van der Waals surface area contributed by atoms with Gasteiger partial charge in [0.05, 0.1) is 5.56 Å². The number of fused-ring (bicyclic) bond motifs is 1. The van der Waals surface area contributed by atoms with Crippen LogP contribution in [-0.2, 0) is 5.54 Å². The number of hydrogen-bond acceptors (Lipinski definition) is 1. The smallest absolute Gasteiger partial charge is 0.245 e. The highest BCUT2D eigenvalue weighted by molar-refractivity contribution is 6.13. The Bertz CT molecular complexity index is 1480. The second-order valence-electron chi connectivity index (χ2n) is 9.45. The van der Waals surface area contributed by atoms with Gasteiger partial charge in [0.25, 0.3) is 0 Å². The Morgan fingerprint density at radius 2 is 1.03 bits per heavy atom. The molecule has 0 aromatic heterocycles. The van der Waals surface area contributed by atoms with Gasteiger partial charge in [0.15, 0.2) is 0 Å². The average molecular weight is 466 g/mol. The van der Waals surface area contributed by atoms with Gasteiger partial charge in [0.2, 0.25) is 16.9 Å². The molecule has 0 N–H and O–H groups in total. The fourth-order valence-electron chi connectivity index (χ4n) is 5.61. The van der Waals surface area contributed by atoms with E-state index in [0.29, 0.717) is 0 Å². The van der Waals surface area contributed by atoms with Crippen LogP contribution in [0.25, 0.3) is 0 Å². The summed E-state index contributed by atoms with van der Waals surface area (Å²) in [6.07, 6.45) is 0. The Morgan fingerprint density at radius 3 is 1.58 bits per heavy atom. The van der Waals surface area contributed by atoms with Crippen molar-refractivity contribution in [3.63, 3.8) is 0 Å². The molecule has 0 fully saturated rings. The van der Waals surface area contributed by atoms with Gasteiger partial charge < -0.3 is 4.90 Å². The Kier molecular flexibility index (Phi) is 5.50. The monoisotopic (exact) mass is 465 g/mol. The van der Waals surface area contributed by atoms with E-state index in [1.807, 2.05) is 0 Å². The van der Waals surface area contributed by atoms with Crippen molar-refractivity contribution < 1.29 is 4.58 Å². The van der Waals surface area contributed by atoms with Crippen molar-refractivity contribution in [2.75, 3.05) is 19.0 Å². The number of anilines is 1. The van der Waals surface area contributed by atoms with Crippen LogP contribution in [0.5, 0.6) is 0 Å². The Labute approximate surface area is 213 Å². The molecule has 6 rings (SSSR count). The van der Waals surface area contributed by atoms with E-state index >= 15 is 0 Å². The predicted octanol–water partition coefficient (Wildman–Crippen LogP) is 7.24. The highest BCUT2D eigenvalue weighted by Crippen LogP contribution is 2.49. The summed E-state index contributed by atoms with van der Waals surface area (Å²) < 4.78 is 2.55. The van der Waals surface area contributed by atoms with E-state index in [2.05, 4.69) is 163 Å². The minimum Gasteiger partial charge on any atom is -0.378 e. The molecule has 174 valence electrons. The van der Waals surface area contributed by atoms with E-state index in [-0.39, 0.29) is 0 Å². The molecule has 1 aliphatic rings. The molecule has 0 bridgehead atoms.